The maximum atomic E-state index is 6.64. The molecule has 0 amide bonds. The molecule has 0 saturated carbocycles. The number of aryl methyl sites for hydroxylation is 1. The van der Waals surface area contributed by atoms with Gasteiger partial charge < -0.3 is 9.05 Å². The molecule has 3 aromatic rings. The first-order valence-electron chi connectivity index (χ1n) is 11.3. The molecule has 0 N–H and O–H groups in total. The molecule has 0 atom stereocenters. The monoisotopic (exact) mass is 498 g/mol. The van der Waals surface area contributed by atoms with Gasteiger partial charge in [-0.05, 0) is 69.3 Å². The third-order valence-electron chi connectivity index (χ3n) is 5.29. The van der Waals surface area contributed by atoms with Gasteiger partial charge in [-0.1, -0.05) is 108 Å². The van der Waals surface area contributed by atoms with Crippen LogP contribution in [0.3, 0.4) is 0 Å². The first kappa shape index (κ1) is 25.9. The minimum atomic E-state index is -2.74. The molecule has 0 aliphatic carbocycles. The molecule has 0 bridgehead atoms. The lowest BCUT2D eigenvalue weighted by atomic mass is 9.86. The van der Waals surface area contributed by atoms with Crippen LogP contribution in [0.1, 0.15) is 58.2 Å². The van der Waals surface area contributed by atoms with E-state index in [1.807, 2.05) is 30.3 Å². The van der Waals surface area contributed by atoms with E-state index in [9.17, 15) is 0 Å². The van der Waals surface area contributed by atoms with E-state index in [2.05, 4.69) is 90.1 Å². The van der Waals surface area contributed by atoms with Crippen LogP contribution in [0.4, 0.5) is 0 Å². The molecule has 176 valence electrons. The molecule has 33 heavy (non-hydrogen) atoms. The van der Waals surface area contributed by atoms with Gasteiger partial charge in [-0.15, -0.1) is 0 Å². The second kappa shape index (κ2) is 10.7. The second-order valence-corrected chi connectivity index (χ2v) is 16.5. The Hall–Kier alpha value is -1.74. The quantitative estimate of drug-likeness (QED) is 0.288. The van der Waals surface area contributed by atoms with Crippen molar-refractivity contribution in [3.63, 3.8) is 0 Å². The van der Waals surface area contributed by atoms with Crippen LogP contribution in [-0.4, -0.2) is 5.75 Å². The molecule has 0 aliphatic rings. The first-order chi connectivity index (χ1) is 15.5. The highest BCUT2D eigenvalue weighted by molar-refractivity contribution is 8.68. The molecule has 2 nitrogen and oxygen atoms in total. The summed E-state index contributed by atoms with van der Waals surface area (Å²) in [5.74, 6) is 2.46. The molecular formula is C28H35O2PS2. The normalized spacial score (nSPS) is 12.4. The summed E-state index contributed by atoms with van der Waals surface area (Å²) in [5.41, 5.74) is 0.694. The van der Waals surface area contributed by atoms with Gasteiger partial charge >= 0.3 is 5.69 Å². The molecule has 5 heteroatoms. The van der Waals surface area contributed by atoms with Crippen LogP contribution in [0.25, 0.3) is 0 Å². The van der Waals surface area contributed by atoms with Gasteiger partial charge in [0.2, 0.25) is 0 Å². The van der Waals surface area contributed by atoms with Crippen LogP contribution >= 0.6 is 17.1 Å². The van der Waals surface area contributed by atoms with Crippen LogP contribution in [0.2, 0.25) is 0 Å². The third-order valence-corrected chi connectivity index (χ3v) is 10.2. The third kappa shape index (κ3) is 7.37. The van der Waals surface area contributed by atoms with Gasteiger partial charge in [-0.2, -0.15) is 0 Å². The topological polar surface area (TPSA) is 18.5 Å². The van der Waals surface area contributed by atoms with Gasteiger partial charge in [0, 0.05) is 5.75 Å². The Morgan fingerprint density at radius 2 is 1.09 bits per heavy atom. The van der Waals surface area contributed by atoms with E-state index >= 15 is 0 Å². The van der Waals surface area contributed by atoms with E-state index in [1.54, 1.807) is 11.4 Å². The molecule has 0 aromatic heterocycles. The Balaban J connectivity index is 1.93. The summed E-state index contributed by atoms with van der Waals surface area (Å²) in [6, 6.07) is 26.8. The van der Waals surface area contributed by atoms with Gasteiger partial charge in [-0.25, -0.2) is 0 Å². The molecular weight excluding hydrogens is 463 g/mol. The lowest BCUT2D eigenvalue weighted by Gasteiger charge is -2.30. The zero-order chi connectivity index (χ0) is 24.1. The molecule has 0 spiro atoms. The van der Waals surface area contributed by atoms with Crippen molar-refractivity contribution in [2.75, 3.05) is 5.75 Å². The smallest absolute Gasteiger partial charge is 0.348 e. The van der Waals surface area contributed by atoms with Gasteiger partial charge in [0.15, 0.2) is 0 Å². The fourth-order valence-electron chi connectivity index (χ4n) is 3.56. The highest BCUT2D eigenvalue weighted by atomic mass is 32.9. The molecule has 0 radical (unpaired) electrons. The lowest BCUT2D eigenvalue weighted by molar-refractivity contribution is 0.472. The Labute approximate surface area is 209 Å². The van der Waals surface area contributed by atoms with Crippen LogP contribution in [0.5, 0.6) is 11.5 Å². The Kier molecular flexibility index (Phi) is 8.37. The zero-order valence-electron chi connectivity index (χ0n) is 20.5. The van der Waals surface area contributed by atoms with Crippen molar-refractivity contribution in [1.29, 1.82) is 0 Å². The molecule has 0 heterocycles. The fourth-order valence-corrected chi connectivity index (χ4v) is 7.95. The van der Waals surface area contributed by atoms with Crippen molar-refractivity contribution in [2.45, 2.75) is 58.8 Å². The fraction of sp³-hybridized carbons (Fsp3) is 0.357. The highest BCUT2D eigenvalue weighted by Crippen LogP contribution is 2.61. The van der Waals surface area contributed by atoms with Gasteiger partial charge in [0.1, 0.15) is 11.5 Å². The molecule has 0 fully saturated rings. The largest absolute Gasteiger partial charge is 0.428 e. The number of hydrogen-bond donors (Lipinski definition) is 0. The Bertz CT molecular complexity index is 1040. The molecule has 3 aromatic carbocycles. The predicted molar refractivity (Wildman–Crippen MR) is 148 cm³/mol. The van der Waals surface area contributed by atoms with Crippen molar-refractivity contribution in [1.82, 2.24) is 0 Å². The van der Waals surface area contributed by atoms with E-state index in [4.69, 9.17) is 20.9 Å². The molecule has 0 saturated heterocycles. The lowest BCUT2D eigenvalue weighted by Crippen LogP contribution is -2.15. The molecule has 3 rings (SSSR count). The van der Waals surface area contributed by atoms with Crippen LogP contribution < -0.4 is 9.05 Å². The van der Waals surface area contributed by atoms with Crippen LogP contribution in [0, 0.1) is 0 Å². The molecule has 0 unspecified atom stereocenters. The summed E-state index contributed by atoms with van der Waals surface area (Å²) in [4.78, 5) is 0. The molecule has 0 aliphatic heterocycles. The van der Waals surface area contributed by atoms with E-state index in [-0.39, 0.29) is 10.8 Å². The summed E-state index contributed by atoms with van der Waals surface area (Å²) in [5, 5.41) is 0. The van der Waals surface area contributed by atoms with Crippen molar-refractivity contribution in [3.05, 3.63) is 95.6 Å². The number of rotatable bonds is 8. The first-order valence-corrected chi connectivity index (χ1v) is 15.6. The summed E-state index contributed by atoms with van der Waals surface area (Å²) >= 11 is 7.80. The van der Waals surface area contributed by atoms with E-state index in [1.165, 1.54) is 5.56 Å². The van der Waals surface area contributed by atoms with Crippen LogP contribution in [0.15, 0.2) is 78.9 Å². The summed E-state index contributed by atoms with van der Waals surface area (Å²) in [6.07, 6.45) is 0.915. The standard InChI is InChI=1S/C28H35O2PS2/c1-27(2,3)23-16-10-12-18-25(23)29-31(32,33-21-20-22-14-8-7-9-15-22)30-26-19-13-11-17-24(26)28(4,5)6/h7-19H,20-21H2,1-6H3. The Morgan fingerprint density at radius 1 is 0.667 bits per heavy atom. The van der Waals surface area contributed by atoms with Gasteiger partial charge in [0.25, 0.3) is 0 Å². The summed E-state index contributed by atoms with van der Waals surface area (Å²) in [7, 11) is 0. The number of benzene rings is 3. The highest BCUT2D eigenvalue weighted by Gasteiger charge is 2.30. The van der Waals surface area contributed by atoms with E-state index in [0.717, 1.165) is 34.8 Å². The SMILES string of the molecule is CC(C)(C)c1ccccc1OP(=S)(Oc1ccccc1C(C)(C)C)SCCc1ccccc1. The van der Waals surface area contributed by atoms with Gasteiger partial charge in [-0.3, -0.25) is 0 Å². The second-order valence-electron chi connectivity index (χ2n) is 10.2. The minimum absolute atomic E-state index is 0.0607. The van der Waals surface area contributed by atoms with E-state index < -0.39 is 5.69 Å². The zero-order valence-corrected chi connectivity index (χ0v) is 23.0. The summed E-state index contributed by atoms with van der Waals surface area (Å²) in [6.45, 7) is 13.1. The average Bonchev–Trinajstić information content (AvgIpc) is 2.73. The van der Waals surface area contributed by atoms with Crippen molar-refractivity contribution in [2.24, 2.45) is 0 Å². The van der Waals surface area contributed by atoms with Crippen molar-refractivity contribution < 1.29 is 9.05 Å². The Morgan fingerprint density at radius 3 is 1.55 bits per heavy atom. The average molecular weight is 499 g/mol. The maximum Gasteiger partial charge on any atom is 0.348 e. The number of para-hydroxylation sites is 2. The predicted octanol–water partition coefficient (Wildman–Crippen LogP) is 8.94. The van der Waals surface area contributed by atoms with Crippen LogP contribution in [-0.2, 0) is 29.1 Å². The van der Waals surface area contributed by atoms with E-state index in [0.29, 0.717) is 0 Å². The summed E-state index contributed by atoms with van der Waals surface area (Å²) < 4.78 is 13.3. The van der Waals surface area contributed by atoms with Gasteiger partial charge in [0.05, 0.1) is 0 Å². The number of hydrogen-bond acceptors (Lipinski definition) is 4. The minimum Gasteiger partial charge on any atom is -0.428 e. The van der Waals surface area contributed by atoms with Crippen molar-refractivity contribution in [3.8, 4) is 11.5 Å². The van der Waals surface area contributed by atoms with Crippen molar-refractivity contribution >= 4 is 28.9 Å². The maximum absolute atomic E-state index is 6.64.